The van der Waals surface area contributed by atoms with E-state index in [0.29, 0.717) is 0 Å². The summed E-state index contributed by atoms with van der Waals surface area (Å²) in [5.74, 6) is 0. The second-order valence-corrected chi connectivity index (χ2v) is 7.59. The lowest BCUT2D eigenvalue weighted by molar-refractivity contribution is -0.384. The first kappa shape index (κ1) is 20.3. The van der Waals surface area contributed by atoms with Crippen LogP contribution in [0.1, 0.15) is 0 Å². The maximum absolute atomic E-state index is 11.2. The fourth-order valence-electron chi connectivity index (χ4n) is 3.85. The summed E-state index contributed by atoms with van der Waals surface area (Å²) in [5, 5.41) is 11.2. The van der Waals surface area contributed by atoms with Crippen LogP contribution in [0, 0.1) is 16.2 Å². The number of rotatable bonds is 5. The zero-order valence-electron chi connectivity index (χ0n) is 17.7. The summed E-state index contributed by atoms with van der Waals surface area (Å²) >= 11 is 0. The van der Waals surface area contributed by atoms with Crippen molar-refractivity contribution in [2.24, 2.45) is 0 Å². The van der Waals surface area contributed by atoms with Gasteiger partial charge in [-0.3, -0.25) is 10.1 Å². The number of nitro groups is 1. The Morgan fingerprint density at radius 2 is 0.939 bits per heavy atom. The van der Waals surface area contributed by atoms with E-state index in [0.717, 1.165) is 44.8 Å². The molecule has 5 rings (SSSR count). The number of nitro benzene ring substituents is 1. The number of hydrogen-bond donors (Lipinski definition) is 0. The summed E-state index contributed by atoms with van der Waals surface area (Å²) in [5.41, 5.74) is 7.14. The normalized spacial score (nSPS) is 10.7. The predicted molar refractivity (Wildman–Crippen MR) is 131 cm³/mol. The third-order valence-corrected chi connectivity index (χ3v) is 5.47. The molecule has 0 atom stereocenters. The predicted octanol–water partition coefficient (Wildman–Crippen LogP) is 7.46. The molecule has 0 aliphatic heterocycles. The molecule has 0 aliphatic carbocycles. The first-order valence-corrected chi connectivity index (χ1v) is 10.6. The Morgan fingerprint density at radius 1 is 0.545 bits per heavy atom. The van der Waals surface area contributed by atoms with Gasteiger partial charge in [-0.25, -0.2) is 4.98 Å². The highest BCUT2D eigenvalue weighted by Gasteiger charge is 2.18. The van der Waals surface area contributed by atoms with Crippen molar-refractivity contribution < 1.29 is 4.92 Å². The maximum atomic E-state index is 11.2. The minimum atomic E-state index is -0.394. The summed E-state index contributed by atoms with van der Waals surface area (Å²) in [7, 11) is 0. The van der Waals surface area contributed by atoms with Crippen LogP contribution in [0.25, 0.3) is 44.8 Å². The average Bonchev–Trinajstić information content (AvgIpc) is 2.89. The lowest BCUT2D eigenvalue weighted by Gasteiger charge is -2.16. The highest BCUT2D eigenvalue weighted by molar-refractivity contribution is 5.90. The van der Waals surface area contributed by atoms with Gasteiger partial charge in [-0.2, -0.15) is 0 Å². The van der Waals surface area contributed by atoms with Gasteiger partial charge in [-0.15, -0.1) is 0 Å². The van der Waals surface area contributed by atoms with E-state index in [-0.39, 0.29) is 5.69 Å². The number of non-ortho nitro benzene ring substituents is 1. The van der Waals surface area contributed by atoms with E-state index in [2.05, 4.69) is 18.2 Å². The Kier molecular flexibility index (Phi) is 5.48. The molecule has 0 unspecified atom stereocenters. The molecule has 0 saturated heterocycles. The second-order valence-electron chi connectivity index (χ2n) is 7.59. The van der Waals surface area contributed by atoms with E-state index in [1.165, 1.54) is 12.1 Å². The quantitative estimate of drug-likeness (QED) is 0.216. The molecular formula is C29H19N2O2. The van der Waals surface area contributed by atoms with Crippen LogP contribution in [0.4, 0.5) is 5.69 Å². The van der Waals surface area contributed by atoms with Gasteiger partial charge in [0.15, 0.2) is 0 Å². The SMILES string of the molecule is O=[N+]([O-])c1ccc(-c2nc(-c3ccccc3)c(-c3ccccc3)[c]c2-c2ccccc2)cc1. The van der Waals surface area contributed by atoms with Gasteiger partial charge in [-0.05, 0) is 23.3 Å². The van der Waals surface area contributed by atoms with Crippen LogP contribution in [0.15, 0.2) is 115 Å². The molecule has 1 heterocycles. The highest BCUT2D eigenvalue weighted by atomic mass is 16.6. The smallest absolute Gasteiger partial charge is 0.258 e. The molecular weight excluding hydrogens is 408 g/mol. The Hall–Kier alpha value is -4.57. The van der Waals surface area contributed by atoms with Crippen LogP contribution in [0.3, 0.4) is 0 Å². The number of benzene rings is 4. The van der Waals surface area contributed by atoms with Crippen LogP contribution in [-0.2, 0) is 0 Å². The van der Waals surface area contributed by atoms with Crippen molar-refractivity contribution in [2.75, 3.05) is 0 Å². The molecule has 1 aromatic heterocycles. The van der Waals surface area contributed by atoms with Gasteiger partial charge in [0, 0.05) is 40.5 Å². The van der Waals surface area contributed by atoms with Crippen molar-refractivity contribution in [1.29, 1.82) is 0 Å². The average molecular weight is 427 g/mol. The number of nitrogens with zero attached hydrogens (tertiary/aromatic N) is 2. The fourth-order valence-corrected chi connectivity index (χ4v) is 3.85. The van der Waals surface area contributed by atoms with E-state index >= 15 is 0 Å². The van der Waals surface area contributed by atoms with Crippen molar-refractivity contribution >= 4 is 5.69 Å². The van der Waals surface area contributed by atoms with E-state index in [1.807, 2.05) is 78.9 Å². The number of pyridine rings is 1. The number of hydrogen-bond acceptors (Lipinski definition) is 3. The van der Waals surface area contributed by atoms with Gasteiger partial charge in [0.2, 0.25) is 0 Å². The van der Waals surface area contributed by atoms with Gasteiger partial charge in [-0.1, -0.05) is 91.0 Å². The molecule has 0 saturated carbocycles. The molecule has 0 aliphatic rings. The van der Waals surface area contributed by atoms with E-state index in [4.69, 9.17) is 4.98 Å². The second kappa shape index (κ2) is 8.89. The van der Waals surface area contributed by atoms with Crippen LogP contribution < -0.4 is 0 Å². The molecule has 4 heteroatoms. The zero-order chi connectivity index (χ0) is 22.6. The molecule has 0 amide bonds. The Balaban J connectivity index is 1.81. The van der Waals surface area contributed by atoms with E-state index in [9.17, 15) is 10.1 Å². The summed E-state index contributed by atoms with van der Waals surface area (Å²) in [4.78, 5) is 15.9. The molecule has 1 radical (unpaired) electrons. The van der Waals surface area contributed by atoms with E-state index < -0.39 is 4.92 Å². The summed E-state index contributed by atoms with van der Waals surface area (Å²) < 4.78 is 0. The third-order valence-electron chi connectivity index (χ3n) is 5.47. The maximum Gasteiger partial charge on any atom is 0.269 e. The summed E-state index contributed by atoms with van der Waals surface area (Å²) in [6, 6.07) is 40.3. The molecule has 0 bridgehead atoms. The Labute approximate surface area is 192 Å². The first-order chi connectivity index (χ1) is 16.2. The zero-order valence-corrected chi connectivity index (χ0v) is 17.7. The van der Waals surface area contributed by atoms with Crippen molar-refractivity contribution in [3.63, 3.8) is 0 Å². The van der Waals surface area contributed by atoms with Crippen LogP contribution in [-0.4, -0.2) is 9.91 Å². The largest absolute Gasteiger partial charge is 0.269 e. The topological polar surface area (TPSA) is 56.0 Å². The van der Waals surface area contributed by atoms with Gasteiger partial charge < -0.3 is 0 Å². The van der Waals surface area contributed by atoms with Crippen molar-refractivity contribution in [3.05, 3.63) is 131 Å². The summed E-state index contributed by atoms with van der Waals surface area (Å²) in [6.07, 6.45) is 0. The van der Waals surface area contributed by atoms with Gasteiger partial charge in [0.05, 0.1) is 16.3 Å². The standard InChI is InChI=1S/C29H19N2O2/c32-31(33)25-18-16-24(17-19-25)29-27(22-12-6-2-7-13-22)20-26(21-10-4-1-5-11-21)28(30-29)23-14-8-3-9-15-23/h1-19H. The van der Waals surface area contributed by atoms with E-state index in [1.54, 1.807) is 12.1 Å². The Morgan fingerprint density at radius 3 is 1.36 bits per heavy atom. The molecule has 4 aromatic carbocycles. The molecule has 0 fully saturated rings. The molecule has 33 heavy (non-hydrogen) atoms. The van der Waals surface area contributed by atoms with Gasteiger partial charge in [0.25, 0.3) is 5.69 Å². The molecule has 5 aromatic rings. The molecule has 4 nitrogen and oxygen atoms in total. The van der Waals surface area contributed by atoms with Crippen molar-refractivity contribution in [1.82, 2.24) is 4.98 Å². The van der Waals surface area contributed by atoms with Crippen LogP contribution >= 0.6 is 0 Å². The van der Waals surface area contributed by atoms with Crippen LogP contribution in [0.5, 0.6) is 0 Å². The number of aromatic nitrogens is 1. The molecule has 0 N–H and O–H groups in total. The minimum Gasteiger partial charge on any atom is -0.258 e. The minimum absolute atomic E-state index is 0.0492. The third kappa shape index (κ3) is 4.14. The fraction of sp³-hybridized carbons (Fsp3) is 0. The molecule has 157 valence electrons. The molecule has 0 spiro atoms. The van der Waals surface area contributed by atoms with Crippen molar-refractivity contribution in [3.8, 4) is 44.8 Å². The summed E-state index contributed by atoms with van der Waals surface area (Å²) in [6.45, 7) is 0. The highest BCUT2D eigenvalue weighted by Crippen LogP contribution is 2.39. The monoisotopic (exact) mass is 427 g/mol. The van der Waals surface area contributed by atoms with Gasteiger partial charge in [0.1, 0.15) is 0 Å². The van der Waals surface area contributed by atoms with Crippen molar-refractivity contribution in [2.45, 2.75) is 0 Å². The van der Waals surface area contributed by atoms with Gasteiger partial charge >= 0.3 is 0 Å². The lowest BCUT2D eigenvalue weighted by Crippen LogP contribution is -1.97. The lowest BCUT2D eigenvalue weighted by atomic mass is 9.92. The first-order valence-electron chi connectivity index (χ1n) is 10.6. The Bertz CT molecular complexity index is 1400. The van der Waals surface area contributed by atoms with Crippen LogP contribution in [0.2, 0.25) is 0 Å².